The fourth-order valence-electron chi connectivity index (χ4n) is 12.7. The number of phenolic OH excluding ortho intramolecular Hbond substituents is 2. The molecule has 4 saturated heterocycles. The number of primary amides is 1. The second-order valence-corrected chi connectivity index (χ2v) is 23.1. The predicted octanol–water partition coefficient (Wildman–Crippen LogP) is 6.69. The van der Waals surface area contributed by atoms with E-state index in [1.54, 1.807) is 17.0 Å². The van der Waals surface area contributed by atoms with Crippen LogP contribution in [0.5, 0.6) is 17.5 Å². The number of amidine groups is 2. The smallest absolute Gasteiger partial charge is 0.318 e. The van der Waals surface area contributed by atoms with Crippen LogP contribution in [0.3, 0.4) is 0 Å². The van der Waals surface area contributed by atoms with Gasteiger partial charge in [-0.25, -0.2) is 0 Å². The van der Waals surface area contributed by atoms with Crippen molar-refractivity contribution in [2.45, 2.75) is 83.5 Å². The van der Waals surface area contributed by atoms with E-state index in [9.17, 15) is 29.9 Å². The Morgan fingerprint density at radius 1 is 0.880 bits per heavy atom. The van der Waals surface area contributed by atoms with E-state index in [-0.39, 0.29) is 59.0 Å². The second kappa shape index (κ2) is 25.8. The number of benzene rings is 4. The van der Waals surface area contributed by atoms with Crippen LogP contribution in [0.2, 0.25) is 5.02 Å². The van der Waals surface area contributed by atoms with Gasteiger partial charge in [-0.3, -0.25) is 44.8 Å². The van der Waals surface area contributed by atoms with E-state index < -0.39 is 11.7 Å². The van der Waals surface area contributed by atoms with Gasteiger partial charge in [0.05, 0.1) is 41.4 Å². The number of anilines is 3. The summed E-state index contributed by atoms with van der Waals surface area (Å²) in [6, 6.07) is 24.8. The van der Waals surface area contributed by atoms with E-state index in [0.717, 1.165) is 141 Å². The molecule has 0 saturated carbocycles. The zero-order chi connectivity index (χ0) is 58.5. The molecule has 6 N–H and O–H groups in total. The van der Waals surface area contributed by atoms with Crippen molar-refractivity contribution in [2.24, 2.45) is 11.7 Å². The molecule has 5 aliphatic rings. The summed E-state index contributed by atoms with van der Waals surface area (Å²) in [4.78, 5) is 65.9. The first-order valence-electron chi connectivity index (χ1n) is 29.0. The number of hydrogen-bond acceptors (Lipinski definition) is 16. The molecule has 10 rings (SSSR count). The third-order valence-corrected chi connectivity index (χ3v) is 17.7. The normalized spacial score (nSPS) is 18.7. The summed E-state index contributed by atoms with van der Waals surface area (Å²) in [5, 5.41) is 51.0. The maximum Gasteiger partial charge on any atom is 0.318 e. The van der Waals surface area contributed by atoms with Crippen molar-refractivity contribution in [1.82, 2.24) is 34.5 Å². The van der Waals surface area contributed by atoms with Crippen molar-refractivity contribution < 1.29 is 29.3 Å². The van der Waals surface area contributed by atoms with Gasteiger partial charge in [-0.05, 0) is 117 Å². The fourth-order valence-corrected chi connectivity index (χ4v) is 13.0. The van der Waals surface area contributed by atoms with Crippen LogP contribution in [0.1, 0.15) is 79.8 Å². The first kappa shape index (κ1) is 58.4. The van der Waals surface area contributed by atoms with E-state index in [0.29, 0.717) is 74.1 Å². The van der Waals surface area contributed by atoms with Crippen LogP contribution in [0.4, 0.5) is 17.2 Å². The summed E-state index contributed by atoms with van der Waals surface area (Å²) >= 11 is 6.81. The third-order valence-electron chi connectivity index (χ3n) is 17.3. The van der Waals surface area contributed by atoms with E-state index in [1.807, 2.05) is 38.1 Å². The lowest BCUT2D eigenvalue weighted by molar-refractivity contribution is -0.139. The Bertz CT molecular complexity index is 3290. The van der Waals surface area contributed by atoms with Crippen LogP contribution < -0.4 is 25.2 Å². The second-order valence-electron chi connectivity index (χ2n) is 22.7. The number of phenols is 2. The summed E-state index contributed by atoms with van der Waals surface area (Å²) in [6.07, 6.45) is 5.84. The van der Waals surface area contributed by atoms with Gasteiger partial charge in [-0.2, -0.15) is 15.2 Å². The van der Waals surface area contributed by atoms with Crippen LogP contribution in [0.25, 0.3) is 10.8 Å². The number of aromatic nitrogens is 2. The number of piperazine rings is 2. The molecule has 0 unspecified atom stereocenters. The van der Waals surface area contributed by atoms with E-state index in [2.05, 4.69) is 66.3 Å². The maximum absolute atomic E-state index is 13.9. The Labute approximate surface area is 490 Å². The SMILES string of the molecule is C=CC(=O)N1CCN(c2nc(OCCN3CCC(N4CCN(C(=O)C5CCN(Cc6ccc(N(C(=N)C(N)=O)C(=N)c7cc(C(C)C)c(O)cc7O)cc6)CC5)CC4)CC3)nc3c2CCN(c2cccc4cccc(Cl)c24)C3)C[C@@H]1CC#N. The molecule has 0 radical (unpaired) electrons. The molecule has 4 fully saturated rings. The highest BCUT2D eigenvalue weighted by molar-refractivity contribution is 6.47. The van der Waals surface area contributed by atoms with Gasteiger partial charge in [0.2, 0.25) is 11.8 Å². The number of ether oxygens (including phenoxy) is 1. The van der Waals surface area contributed by atoms with Crippen LogP contribution in [-0.2, 0) is 33.9 Å². The highest BCUT2D eigenvalue weighted by Crippen LogP contribution is 2.39. The number of aromatic hydroxyl groups is 2. The van der Waals surface area contributed by atoms with Gasteiger partial charge < -0.3 is 40.3 Å². The van der Waals surface area contributed by atoms with Gasteiger partial charge in [-0.15, -0.1) is 0 Å². The molecule has 0 spiro atoms. The van der Waals surface area contributed by atoms with Crippen molar-refractivity contribution >= 4 is 69.0 Å². The molecular formula is C62H75ClN14O6. The van der Waals surface area contributed by atoms with E-state index >= 15 is 0 Å². The van der Waals surface area contributed by atoms with Gasteiger partial charge in [0.1, 0.15) is 29.8 Å². The van der Waals surface area contributed by atoms with Crippen molar-refractivity contribution in [3.8, 4) is 23.6 Å². The molecule has 1 atom stereocenters. The Hall–Kier alpha value is -7.83. The number of nitrogens with one attached hydrogen (secondary N) is 2. The number of piperidine rings is 2. The first-order valence-corrected chi connectivity index (χ1v) is 29.4. The molecule has 5 aromatic rings. The summed E-state index contributed by atoms with van der Waals surface area (Å²) < 4.78 is 6.45. The van der Waals surface area contributed by atoms with Crippen molar-refractivity contribution in [2.75, 3.05) is 106 Å². The van der Waals surface area contributed by atoms with Crippen LogP contribution in [-0.4, -0.2) is 178 Å². The molecule has 0 bridgehead atoms. The maximum atomic E-state index is 13.9. The number of nitrogens with two attached hydrogens (primary N) is 1. The Balaban J connectivity index is 0.691. The third kappa shape index (κ3) is 12.9. The summed E-state index contributed by atoms with van der Waals surface area (Å²) in [5.74, 6) is -1.74. The number of hydrogen-bond donors (Lipinski definition) is 5. The number of halogens is 1. The van der Waals surface area contributed by atoms with Crippen molar-refractivity contribution in [3.05, 3.63) is 118 Å². The molecule has 0 aliphatic carbocycles. The molecule has 83 heavy (non-hydrogen) atoms. The first-order chi connectivity index (χ1) is 40.1. The minimum Gasteiger partial charge on any atom is -0.508 e. The lowest BCUT2D eigenvalue weighted by atomic mass is 9.94. The zero-order valence-corrected chi connectivity index (χ0v) is 48.2. The molecule has 6 heterocycles. The summed E-state index contributed by atoms with van der Waals surface area (Å²) in [5.41, 5.74) is 10.4. The number of nitrogens with zero attached hydrogens (tertiary/aromatic N) is 11. The zero-order valence-electron chi connectivity index (χ0n) is 47.5. The Morgan fingerprint density at radius 3 is 2.28 bits per heavy atom. The van der Waals surface area contributed by atoms with Crippen LogP contribution in [0, 0.1) is 28.1 Å². The lowest BCUT2D eigenvalue weighted by Crippen LogP contribution is -2.55. The van der Waals surface area contributed by atoms with Gasteiger partial charge in [0, 0.05) is 106 Å². The van der Waals surface area contributed by atoms with Crippen LogP contribution in [0.15, 0.2) is 85.5 Å². The average Bonchev–Trinajstić information content (AvgIpc) is 3.50. The number of rotatable bonds is 15. The predicted molar refractivity (Wildman–Crippen MR) is 322 cm³/mol. The van der Waals surface area contributed by atoms with E-state index in [4.69, 9.17) is 42.9 Å². The molecule has 4 aromatic carbocycles. The highest BCUT2D eigenvalue weighted by atomic mass is 35.5. The minimum absolute atomic E-state index is 0.0213. The van der Waals surface area contributed by atoms with Crippen molar-refractivity contribution in [3.63, 3.8) is 0 Å². The molecule has 3 amide bonds. The van der Waals surface area contributed by atoms with Crippen LogP contribution >= 0.6 is 11.6 Å². The fraction of sp³-hybridized carbons (Fsp3) is 0.452. The Kier molecular flexibility index (Phi) is 18.1. The minimum atomic E-state index is -1.04. The summed E-state index contributed by atoms with van der Waals surface area (Å²) in [7, 11) is 0. The standard InChI is InChI=1S/C62H75ClN14O6/c1-4-55(80)76-32-31-75(38-46(76)15-21-64)60-47-20-26-74(52-10-6-8-42-7-5-9-50(63)56(42)52)39-51(47)68-62(69-60)83-34-33-70-24-18-44(19-25-70)72-27-29-73(30-28-72)61(82)43-16-22-71(23-17-43)37-41-11-13-45(14-12-41)77(58(66)59(67)81)57(65)49-35-48(40(2)3)53(78)36-54(49)79/h4-14,35-36,40,43-44,46,65-66,78-79H,1,15-20,22-34,37-39H2,2-3H3,(H2,67,81)/t46-/m0/s1. The lowest BCUT2D eigenvalue weighted by Gasteiger charge is -2.43. The largest absolute Gasteiger partial charge is 0.508 e. The molecule has 20 nitrogen and oxygen atoms in total. The molecular weight excluding hydrogens is 1070 g/mol. The molecule has 21 heteroatoms. The number of nitriles is 1. The van der Waals surface area contributed by atoms with Gasteiger partial charge >= 0.3 is 6.01 Å². The topological polar surface area (TPSA) is 250 Å². The van der Waals surface area contributed by atoms with Gasteiger partial charge in [0.15, 0.2) is 5.84 Å². The monoisotopic (exact) mass is 1150 g/mol. The molecule has 436 valence electrons. The molecule has 1 aromatic heterocycles. The Morgan fingerprint density at radius 2 is 1.59 bits per heavy atom. The van der Waals surface area contributed by atoms with E-state index in [1.165, 1.54) is 12.1 Å². The molecule has 5 aliphatic heterocycles. The highest BCUT2D eigenvalue weighted by Gasteiger charge is 2.36. The number of carbonyl (C=O) groups excluding carboxylic acids is 3. The number of likely N-dealkylation sites (tertiary alicyclic amines) is 2. The van der Waals surface area contributed by atoms with Crippen molar-refractivity contribution in [1.29, 1.82) is 16.1 Å². The average molecular weight is 1150 g/mol. The number of fused-ring (bicyclic) bond motifs is 2. The quantitative estimate of drug-likeness (QED) is 0.0416. The van der Waals surface area contributed by atoms with Gasteiger partial charge in [-0.1, -0.05) is 68.4 Å². The summed E-state index contributed by atoms with van der Waals surface area (Å²) in [6.45, 7) is 18.6. The number of amides is 3. The number of carbonyl (C=O) groups is 3. The van der Waals surface area contributed by atoms with Gasteiger partial charge in [0.25, 0.3) is 5.91 Å².